The maximum atomic E-state index is 5.71. The van der Waals surface area contributed by atoms with Gasteiger partial charge in [-0.15, -0.1) is 0 Å². The zero-order chi connectivity index (χ0) is 11.4. The Bertz CT molecular complexity index is 468. The molecule has 0 saturated carbocycles. The standard InChI is InChI=1S/C10H12ClN5/c1-8-4-14-16(7-8)3-2-13-10-6-12-5-9(11)15-10/h4-7H,2-3H2,1H3,(H,13,15). The van der Waals surface area contributed by atoms with Crippen LogP contribution in [0.5, 0.6) is 0 Å². The highest BCUT2D eigenvalue weighted by atomic mass is 35.5. The quantitative estimate of drug-likeness (QED) is 0.880. The molecule has 0 saturated heterocycles. The van der Waals surface area contributed by atoms with Crippen molar-refractivity contribution in [2.24, 2.45) is 0 Å². The minimum absolute atomic E-state index is 0.389. The molecule has 0 radical (unpaired) electrons. The minimum Gasteiger partial charge on any atom is -0.367 e. The number of aryl methyl sites for hydroxylation is 1. The van der Waals surface area contributed by atoms with E-state index in [9.17, 15) is 0 Å². The van der Waals surface area contributed by atoms with Gasteiger partial charge in [0.15, 0.2) is 0 Å². The largest absolute Gasteiger partial charge is 0.367 e. The second-order valence-electron chi connectivity index (χ2n) is 3.43. The van der Waals surface area contributed by atoms with Gasteiger partial charge in [0.1, 0.15) is 11.0 Å². The van der Waals surface area contributed by atoms with Crippen molar-refractivity contribution >= 4 is 17.4 Å². The first-order valence-corrected chi connectivity index (χ1v) is 5.32. The fraction of sp³-hybridized carbons (Fsp3) is 0.300. The molecule has 0 amide bonds. The second kappa shape index (κ2) is 4.94. The van der Waals surface area contributed by atoms with E-state index in [1.807, 2.05) is 24.0 Å². The molecule has 16 heavy (non-hydrogen) atoms. The van der Waals surface area contributed by atoms with E-state index in [1.165, 1.54) is 6.20 Å². The third-order valence-electron chi connectivity index (χ3n) is 2.01. The Balaban J connectivity index is 1.84. The van der Waals surface area contributed by atoms with Crippen LogP contribution in [0.3, 0.4) is 0 Å². The van der Waals surface area contributed by atoms with E-state index >= 15 is 0 Å². The molecule has 0 spiro atoms. The van der Waals surface area contributed by atoms with Gasteiger partial charge in [0.05, 0.1) is 25.1 Å². The number of rotatable bonds is 4. The molecule has 2 heterocycles. The predicted molar refractivity (Wildman–Crippen MR) is 62.5 cm³/mol. The molecule has 84 valence electrons. The maximum absolute atomic E-state index is 5.71. The van der Waals surface area contributed by atoms with Gasteiger partial charge in [0, 0.05) is 12.7 Å². The lowest BCUT2D eigenvalue weighted by atomic mass is 10.4. The molecular formula is C10H12ClN5. The Labute approximate surface area is 98.5 Å². The van der Waals surface area contributed by atoms with Crippen LogP contribution in [-0.4, -0.2) is 26.3 Å². The molecule has 2 aromatic heterocycles. The molecule has 0 aliphatic heterocycles. The Hall–Kier alpha value is -1.62. The van der Waals surface area contributed by atoms with E-state index in [2.05, 4.69) is 20.4 Å². The van der Waals surface area contributed by atoms with Gasteiger partial charge >= 0.3 is 0 Å². The van der Waals surface area contributed by atoms with E-state index in [0.29, 0.717) is 11.0 Å². The Kier molecular flexibility index (Phi) is 3.36. The highest BCUT2D eigenvalue weighted by molar-refractivity contribution is 6.29. The number of aromatic nitrogens is 4. The van der Waals surface area contributed by atoms with Crippen molar-refractivity contribution in [3.8, 4) is 0 Å². The van der Waals surface area contributed by atoms with Gasteiger partial charge < -0.3 is 5.32 Å². The van der Waals surface area contributed by atoms with Crippen molar-refractivity contribution in [2.75, 3.05) is 11.9 Å². The Morgan fingerprint density at radius 1 is 1.38 bits per heavy atom. The van der Waals surface area contributed by atoms with E-state index in [0.717, 1.165) is 18.7 Å². The van der Waals surface area contributed by atoms with Crippen LogP contribution < -0.4 is 5.32 Å². The van der Waals surface area contributed by atoms with Crippen molar-refractivity contribution in [1.29, 1.82) is 0 Å². The van der Waals surface area contributed by atoms with Crippen LogP contribution in [0.4, 0.5) is 5.82 Å². The monoisotopic (exact) mass is 237 g/mol. The predicted octanol–water partition coefficient (Wildman–Crippen LogP) is 1.75. The summed E-state index contributed by atoms with van der Waals surface area (Å²) in [6.45, 7) is 3.53. The van der Waals surface area contributed by atoms with Crippen molar-refractivity contribution < 1.29 is 0 Å². The summed E-state index contributed by atoms with van der Waals surface area (Å²) in [6.07, 6.45) is 6.97. The smallest absolute Gasteiger partial charge is 0.149 e. The number of hydrogen-bond donors (Lipinski definition) is 1. The summed E-state index contributed by atoms with van der Waals surface area (Å²) in [5.41, 5.74) is 1.16. The van der Waals surface area contributed by atoms with Crippen LogP contribution in [0.15, 0.2) is 24.8 Å². The lowest BCUT2D eigenvalue weighted by Gasteiger charge is -2.05. The van der Waals surface area contributed by atoms with E-state index in [4.69, 9.17) is 11.6 Å². The first kappa shape index (κ1) is 10.9. The molecule has 0 aliphatic carbocycles. The van der Waals surface area contributed by atoms with Crippen molar-refractivity contribution in [3.63, 3.8) is 0 Å². The summed E-state index contributed by atoms with van der Waals surface area (Å²) in [5.74, 6) is 0.677. The molecule has 0 fully saturated rings. The van der Waals surface area contributed by atoms with E-state index in [1.54, 1.807) is 6.20 Å². The normalized spacial score (nSPS) is 10.4. The molecule has 0 unspecified atom stereocenters. The van der Waals surface area contributed by atoms with Gasteiger partial charge in [-0.25, -0.2) is 4.98 Å². The van der Waals surface area contributed by atoms with Crippen molar-refractivity contribution in [3.05, 3.63) is 35.5 Å². The highest BCUT2D eigenvalue weighted by Crippen LogP contribution is 2.06. The fourth-order valence-corrected chi connectivity index (χ4v) is 1.46. The highest BCUT2D eigenvalue weighted by Gasteiger charge is 1.97. The molecule has 0 aromatic carbocycles. The molecule has 6 heteroatoms. The lowest BCUT2D eigenvalue weighted by molar-refractivity contribution is 0.636. The van der Waals surface area contributed by atoms with E-state index < -0.39 is 0 Å². The van der Waals surface area contributed by atoms with Gasteiger partial charge in [-0.05, 0) is 12.5 Å². The average Bonchev–Trinajstić information content (AvgIpc) is 2.64. The first-order valence-electron chi connectivity index (χ1n) is 4.94. The number of hydrogen-bond acceptors (Lipinski definition) is 4. The molecule has 0 bridgehead atoms. The van der Waals surface area contributed by atoms with Gasteiger partial charge in [0.2, 0.25) is 0 Å². The summed E-state index contributed by atoms with van der Waals surface area (Å²) < 4.78 is 1.88. The molecule has 2 rings (SSSR count). The average molecular weight is 238 g/mol. The molecular weight excluding hydrogens is 226 g/mol. The minimum atomic E-state index is 0.389. The number of nitrogens with one attached hydrogen (secondary N) is 1. The molecule has 0 atom stereocenters. The van der Waals surface area contributed by atoms with E-state index in [-0.39, 0.29) is 0 Å². The van der Waals surface area contributed by atoms with Crippen LogP contribution in [0, 0.1) is 6.92 Å². The topological polar surface area (TPSA) is 55.6 Å². The zero-order valence-corrected chi connectivity index (χ0v) is 9.65. The maximum Gasteiger partial charge on any atom is 0.149 e. The molecule has 0 aliphatic rings. The Morgan fingerprint density at radius 3 is 2.94 bits per heavy atom. The van der Waals surface area contributed by atoms with Crippen LogP contribution in [-0.2, 0) is 6.54 Å². The summed E-state index contributed by atoms with van der Waals surface area (Å²) in [7, 11) is 0. The lowest BCUT2D eigenvalue weighted by Crippen LogP contribution is -2.11. The molecule has 2 aromatic rings. The van der Waals surface area contributed by atoms with Gasteiger partial charge in [-0.1, -0.05) is 11.6 Å². The van der Waals surface area contributed by atoms with Crippen molar-refractivity contribution in [2.45, 2.75) is 13.5 Å². The third kappa shape index (κ3) is 2.93. The zero-order valence-electron chi connectivity index (χ0n) is 8.89. The second-order valence-corrected chi connectivity index (χ2v) is 3.82. The molecule has 1 N–H and O–H groups in total. The summed E-state index contributed by atoms with van der Waals surface area (Å²) in [6, 6.07) is 0. The van der Waals surface area contributed by atoms with Crippen LogP contribution in [0.25, 0.3) is 0 Å². The van der Waals surface area contributed by atoms with Gasteiger partial charge in [0.25, 0.3) is 0 Å². The number of anilines is 1. The number of nitrogens with zero attached hydrogens (tertiary/aromatic N) is 4. The van der Waals surface area contributed by atoms with Crippen LogP contribution in [0.1, 0.15) is 5.56 Å². The first-order chi connectivity index (χ1) is 7.74. The Morgan fingerprint density at radius 2 is 2.25 bits per heavy atom. The molecule has 5 nitrogen and oxygen atoms in total. The van der Waals surface area contributed by atoms with Crippen LogP contribution in [0.2, 0.25) is 5.15 Å². The number of halogens is 1. The van der Waals surface area contributed by atoms with Gasteiger partial charge in [-0.3, -0.25) is 9.67 Å². The summed E-state index contributed by atoms with van der Waals surface area (Å²) in [4.78, 5) is 8.01. The summed E-state index contributed by atoms with van der Waals surface area (Å²) in [5, 5.41) is 7.69. The SMILES string of the molecule is Cc1cnn(CCNc2cncc(Cl)n2)c1. The fourth-order valence-electron chi connectivity index (χ4n) is 1.32. The van der Waals surface area contributed by atoms with Gasteiger partial charge in [-0.2, -0.15) is 5.10 Å². The summed E-state index contributed by atoms with van der Waals surface area (Å²) >= 11 is 5.71. The van der Waals surface area contributed by atoms with Crippen LogP contribution >= 0.6 is 11.6 Å². The van der Waals surface area contributed by atoms with Crippen molar-refractivity contribution in [1.82, 2.24) is 19.7 Å². The third-order valence-corrected chi connectivity index (χ3v) is 2.20.